The zero-order valence-electron chi connectivity index (χ0n) is 21.7. The number of esters is 1. The number of ether oxygens (including phenoxy) is 3. The molecule has 2 aromatic rings. The van der Waals surface area contributed by atoms with Gasteiger partial charge in [-0.2, -0.15) is 0 Å². The van der Waals surface area contributed by atoms with E-state index in [0.717, 1.165) is 34.7 Å². The van der Waals surface area contributed by atoms with Gasteiger partial charge in [-0.1, -0.05) is 31.2 Å². The highest BCUT2D eigenvalue weighted by Gasteiger charge is 2.45. The molecule has 6 nitrogen and oxygen atoms in total. The molecule has 190 valence electrons. The highest BCUT2D eigenvalue weighted by molar-refractivity contribution is 6.09. The van der Waals surface area contributed by atoms with Gasteiger partial charge in [-0.15, -0.1) is 0 Å². The van der Waals surface area contributed by atoms with Crippen LogP contribution in [0.3, 0.4) is 0 Å². The van der Waals surface area contributed by atoms with Gasteiger partial charge in [0.05, 0.1) is 19.8 Å². The first-order valence-electron chi connectivity index (χ1n) is 12.7. The normalized spacial score (nSPS) is 22.4. The van der Waals surface area contributed by atoms with Crippen LogP contribution in [-0.2, 0) is 14.3 Å². The average Bonchev–Trinajstić information content (AvgIpc) is 2.88. The van der Waals surface area contributed by atoms with Crippen LogP contribution in [0.5, 0.6) is 11.5 Å². The second kappa shape index (κ2) is 11.1. The summed E-state index contributed by atoms with van der Waals surface area (Å²) in [6.07, 6.45) is 1.54. The third kappa shape index (κ3) is 5.23. The Labute approximate surface area is 213 Å². The Kier molecular flexibility index (Phi) is 7.92. The molecule has 2 aliphatic rings. The number of ketones is 1. The molecule has 0 spiro atoms. The van der Waals surface area contributed by atoms with Crippen molar-refractivity contribution in [3.63, 3.8) is 0 Å². The van der Waals surface area contributed by atoms with Crippen molar-refractivity contribution in [1.82, 2.24) is 0 Å². The number of methoxy groups -OCH3 is 1. The molecule has 4 rings (SSSR count). The van der Waals surface area contributed by atoms with Gasteiger partial charge < -0.3 is 14.2 Å². The molecular formula is C30H35NO5. The Morgan fingerprint density at radius 2 is 1.64 bits per heavy atom. The number of Topliss-reactive ketones (excluding diaryl/α,β-unsaturated/α-hetero) is 1. The first-order valence-corrected chi connectivity index (χ1v) is 12.7. The largest absolute Gasteiger partial charge is 0.497 e. The maximum atomic E-state index is 13.7. The van der Waals surface area contributed by atoms with Crippen LogP contribution in [0.15, 0.2) is 64.8 Å². The summed E-state index contributed by atoms with van der Waals surface area (Å²) < 4.78 is 16.7. The van der Waals surface area contributed by atoms with Crippen LogP contribution in [0.4, 0.5) is 0 Å². The molecule has 0 N–H and O–H groups in total. The fourth-order valence-corrected chi connectivity index (χ4v) is 5.13. The summed E-state index contributed by atoms with van der Waals surface area (Å²) in [6, 6.07) is 15.5. The molecule has 2 aromatic carbocycles. The van der Waals surface area contributed by atoms with E-state index in [1.165, 1.54) is 0 Å². The topological polar surface area (TPSA) is 74.2 Å². The Morgan fingerprint density at radius 3 is 2.25 bits per heavy atom. The summed E-state index contributed by atoms with van der Waals surface area (Å²) in [5.74, 6) is 0.194. The molecule has 0 saturated carbocycles. The lowest BCUT2D eigenvalue weighted by Crippen LogP contribution is -2.39. The standard InChI is InChI=1S/C30H35NO5/c1-6-18(3)36-30(33)27-19(4)31-25-16-22(20-8-12-23(34-5)13-9-20)17-26(32)29(25)28(27)21-10-14-24(15-11-21)35-7-2/h8-15,18,22,27-28H,6-7,16-17H2,1-5H3/t18-,22+,27?,28+/m0/s1. The van der Waals surface area contributed by atoms with Crippen LogP contribution in [0.2, 0.25) is 0 Å². The first kappa shape index (κ1) is 25.7. The van der Waals surface area contributed by atoms with Gasteiger partial charge in [0.15, 0.2) is 5.78 Å². The first-order chi connectivity index (χ1) is 17.4. The number of rotatable bonds is 8. The second-order valence-electron chi connectivity index (χ2n) is 9.53. The zero-order valence-corrected chi connectivity index (χ0v) is 21.7. The summed E-state index contributed by atoms with van der Waals surface area (Å²) >= 11 is 0. The van der Waals surface area contributed by atoms with Crippen molar-refractivity contribution in [2.24, 2.45) is 10.9 Å². The van der Waals surface area contributed by atoms with E-state index in [1.807, 2.05) is 76.2 Å². The number of carbonyl (C=O) groups is 2. The number of aliphatic imine (C=N–C) groups is 1. The minimum Gasteiger partial charge on any atom is -0.497 e. The third-order valence-corrected chi connectivity index (χ3v) is 7.17. The number of allylic oxidation sites excluding steroid dienone is 2. The molecule has 1 heterocycles. The van der Waals surface area contributed by atoms with Crippen molar-refractivity contribution in [1.29, 1.82) is 0 Å². The van der Waals surface area contributed by atoms with Crippen molar-refractivity contribution in [2.75, 3.05) is 13.7 Å². The third-order valence-electron chi connectivity index (χ3n) is 7.17. The smallest absolute Gasteiger partial charge is 0.315 e. The summed E-state index contributed by atoms with van der Waals surface area (Å²) in [6.45, 7) is 8.24. The van der Waals surface area contributed by atoms with Crippen molar-refractivity contribution in [2.45, 2.75) is 64.9 Å². The number of hydrogen-bond donors (Lipinski definition) is 0. The van der Waals surface area contributed by atoms with Gasteiger partial charge >= 0.3 is 5.97 Å². The van der Waals surface area contributed by atoms with E-state index in [1.54, 1.807) is 7.11 Å². The predicted molar refractivity (Wildman–Crippen MR) is 140 cm³/mol. The van der Waals surface area contributed by atoms with Crippen molar-refractivity contribution < 1.29 is 23.8 Å². The fraction of sp³-hybridized carbons (Fsp3) is 0.433. The van der Waals surface area contributed by atoms with E-state index in [2.05, 4.69) is 0 Å². The maximum absolute atomic E-state index is 13.7. The highest BCUT2D eigenvalue weighted by atomic mass is 16.5. The zero-order chi connectivity index (χ0) is 25.8. The highest BCUT2D eigenvalue weighted by Crippen LogP contribution is 2.47. The molecule has 0 amide bonds. The Hall–Kier alpha value is -3.41. The average molecular weight is 490 g/mol. The Balaban J connectivity index is 1.74. The van der Waals surface area contributed by atoms with E-state index in [0.29, 0.717) is 30.7 Å². The Morgan fingerprint density at radius 1 is 1.00 bits per heavy atom. The quantitative estimate of drug-likeness (QED) is 0.425. The van der Waals surface area contributed by atoms with E-state index < -0.39 is 11.8 Å². The number of benzene rings is 2. The van der Waals surface area contributed by atoms with E-state index in [-0.39, 0.29) is 23.8 Å². The van der Waals surface area contributed by atoms with Crippen molar-refractivity contribution in [3.05, 3.63) is 70.9 Å². The summed E-state index contributed by atoms with van der Waals surface area (Å²) in [7, 11) is 1.64. The SMILES string of the molecule is CCOc1ccc([C@H]2C3=C(C[C@@H](c4ccc(OC)cc4)CC3=O)N=C(C)C2C(=O)O[C@@H](C)CC)cc1. The fourth-order valence-electron chi connectivity index (χ4n) is 5.13. The molecule has 0 bridgehead atoms. The van der Waals surface area contributed by atoms with Crippen LogP contribution >= 0.6 is 0 Å². The van der Waals surface area contributed by atoms with Crippen LogP contribution in [-0.4, -0.2) is 37.3 Å². The molecule has 0 aromatic heterocycles. The molecule has 6 heteroatoms. The Bertz CT molecular complexity index is 1160. The van der Waals surface area contributed by atoms with Gasteiger partial charge in [-0.25, -0.2) is 0 Å². The van der Waals surface area contributed by atoms with Gasteiger partial charge in [0.25, 0.3) is 0 Å². The van der Waals surface area contributed by atoms with Gasteiger partial charge in [0.1, 0.15) is 17.4 Å². The second-order valence-corrected chi connectivity index (χ2v) is 9.53. The monoisotopic (exact) mass is 489 g/mol. The lowest BCUT2D eigenvalue weighted by atomic mass is 9.69. The van der Waals surface area contributed by atoms with E-state index in [4.69, 9.17) is 19.2 Å². The van der Waals surface area contributed by atoms with Crippen LogP contribution < -0.4 is 9.47 Å². The molecule has 0 saturated heterocycles. The number of carbonyl (C=O) groups excluding carboxylic acids is 2. The van der Waals surface area contributed by atoms with E-state index >= 15 is 0 Å². The van der Waals surface area contributed by atoms with Crippen LogP contribution in [0.1, 0.15) is 69.9 Å². The summed E-state index contributed by atoms with van der Waals surface area (Å²) in [4.78, 5) is 31.9. The molecule has 1 aliphatic carbocycles. The molecule has 0 radical (unpaired) electrons. The van der Waals surface area contributed by atoms with E-state index in [9.17, 15) is 9.59 Å². The molecule has 36 heavy (non-hydrogen) atoms. The number of hydrogen-bond acceptors (Lipinski definition) is 6. The number of nitrogens with zero attached hydrogens (tertiary/aromatic N) is 1. The summed E-state index contributed by atoms with van der Waals surface area (Å²) in [5, 5.41) is 0. The maximum Gasteiger partial charge on any atom is 0.315 e. The summed E-state index contributed by atoms with van der Waals surface area (Å²) in [5.41, 5.74) is 4.07. The van der Waals surface area contributed by atoms with Crippen molar-refractivity contribution >= 4 is 17.5 Å². The molecular weight excluding hydrogens is 454 g/mol. The lowest BCUT2D eigenvalue weighted by molar-refractivity contribution is -0.151. The molecule has 1 aliphatic heterocycles. The van der Waals surface area contributed by atoms with Crippen LogP contribution in [0.25, 0.3) is 0 Å². The van der Waals surface area contributed by atoms with Gasteiger partial charge in [-0.3, -0.25) is 14.6 Å². The van der Waals surface area contributed by atoms with Gasteiger partial charge in [0, 0.05) is 29.3 Å². The molecule has 4 atom stereocenters. The van der Waals surface area contributed by atoms with Crippen molar-refractivity contribution in [3.8, 4) is 11.5 Å². The molecule has 0 fully saturated rings. The minimum absolute atomic E-state index is 0.0308. The van der Waals surface area contributed by atoms with Gasteiger partial charge in [0.2, 0.25) is 0 Å². The predicted octanol–water partition coefficient (Wildman–Crippen LogP) is 6.01. The lowest BCUT2D eigenvalue weighted by Gasteiger charge is -2.37. The molecule has 1 unspecified atom stereocenters. The van der Waals surface area contributed by atoms with Crippen LogP contribution in [0, 0.1) is 5.92 Å². The van der Waals surface area contributed by atoms with Gasteiger partial charge in [-0.05, 0) is 74.9 Å². The minimum atomic E-state index is -0.642.